The Morgan fingerprint density at radius 1 is 1.42 bits per heavy atom. The molecular formula is C15H23NO3. The molecule has 106 valence electrons. The summed E-state index contributed by atoms with van der Waals surface area (Å²) >= 11 is 0. The summed E-state index contributed by atoms with van der Waals surface area (Å²) in [5.41, 5.74) is 0.849. The number of nitrogens with zero attached hydrogens (tertiary/aromatic N) is 1. The summed E-state index contributed by atoms with van der Waals surface area (Å²) in [6.07, 6.45) is 1.01. The van der Waals surface area contributed by atoms with Crippen molar-refractivity contribution in [1.29, 1.82) is 0 Å². The molecule has 0 radical (unpaired) electrons. The lowest BCUT2D eigenvalue weighted by Crippen LogP contribution is -2.43. The number of rotatable bonds is 7. The number of carboxylic acid groups (broad SMARTS) is 1. The van der Waals surface area contributed by atoms with Crippen LogP contribution in [-0.2, 0) is 11.2 Å². The number of carboxylic acids is 1. The average Bonchev–Trinajstić information content (AvgIpc) is 2.34. The number of carbonyl (C=O) groups is 1. The molecule has 0 atom stereocenters. The third kappa shape index (κ3) is 4.91. The average molecular weight is 265 g/mol. The van der Waals surface area contributed by atoms with Gasteiger partial charge in [-0.1, -0.05) is 12.1 Å². The van der Waals surface area contributed by atoms with Crippen LogP contribution in [0.5, 0.6) is 5.75 Å². The number of aliphatic carboxylic acids is 1. The molecule has 4 nitrogen and oxygen atoms in total. The van der Waals surface area contributed by atoms with Gasteiger partial charge >= 0.3 is 5.97 Å². The minimum absolute atomic E-state index is 0.140. The van der Waals surface area contributed by atoms with Crippen LogP contribution in [0, 0.1) is 0 Å². The van der Waals surface area contributed by atoms with Crippen LogP contribution in [0.4, 0.5) is 0 Å². The van der Waals surface area contributed by atoms with Gasteiger partial charge in [-0.3, -0.25) is 4.79 Å². The molecule has 0 aliphatic rings. The molecular weight excluding hydrogens is 242 g/mol. The van der Waals surface area contributed by atoms with Gasteiger partial charge in [-0.25, -0.2) is 0 Å². The molecule has 4 heteroatoms. The first-order valence-corrected chi connectivity index (χ1v) is 6.41. The van der Waals surface area contributed by atoms with Gasteiger partial charge in [0.15, 0.2) is 0 Å². The van der Waals surface area contributed by atoms with Gasteiger partial charge in [0, 0.05) is 12.1 Å². The van der Waals surface area contributed by atoms with Crippen LogP contribution in [0.25, 0.3) is 0 Å². The summed E-state index contributed by atoms with van der Waals surface area (Å²) in [5, 5.41) is 8.91. The van der Waals surface area contributed by atoms with Gasteiger partial charge in [-0.15, -0.1) is 0 Å². The number of likely N-dealkylation sites (N-methyl/N-ethyl adjacent to an activating group) is 1. The number of benzene rings is 1. The second kappa shape index (κ2) is 6.57. The van der Waals surface area contributed by atoms with Crippen LogP contribution in [-0.4, -0.2) is 42.2 Å². The quantitative estimate of drug-likeness (QED) is 0.822. The first-order valence-electron chi connectivity index (χ1n) is 6.41. The molecule has 0 spiro atoms. The van der Waals surface area contributed by atoms with Gasteiger partial charge in [0.2, 0.25) is 0 Å². The number of methoxy groups -OCH3 is 1. The number of ether oxygens (including phenoxy) is 1. The molecule has 0 aromatic heterocycles. The fraction of sp³-hybridized carbons (Fsp3) is 0.533. The maximum atomic E-state index is 10.8. The molecule has 1 aromatic rings. The Balaban J connectivity index is 2.57. The summed E-state index contributed by atoms with van der Waals surface area (Å²) in [6.45, 7) is 4.72. The monoisotopic (exact) mass is 265 g/mol. The minimum atomic E-state index is -0.766. The van der Waals surface area contributed by atoms with E-state index in [0.717, 1.165) is 18.7 Å². The lowest BCUT2D eigenvalue weighted by molar-refractivity contribution is -0.139. The predicted octanol–water partition coefficient (Wildman–Crippen LogP) is 2.42. The van der Waals surface area contributed by atoms with Crippen LogP contribution in [0.1, 0.15) is 25.8 Å². The van der Waals surface area contributed by atoms with E-state index in [1.807, 2.05) is 39.1 Å². The number of hydrogen-bond donors (Lipinski definition) is 1. The Labute approximate surface area is 115 Å². The van der Waals surface area contributed by atoms with Crippen molar-refractivity contribution in [2.24, 2.45) is 0 Å². The van der Waals surface area contributed by atoms with E-state index in [2.05, 4.69) is 11.0 Å². The zero-order valence-electron chi connectivity index (χ0n) is 12.1. The highest BCUT2D eigenvalue weighted by Gasteiger charge is 2.26. The maximum absolute atomic E-state index is 10.8. The molecule has 0 unspecified atom stereocenters. The van der Waals surface area contributed by atoms with Crippen molar-refractivity contribution >= 4 is 5.97 Å². The van der Waals surface area contributed by atoms with Crippen molar-refractivity contribution in [2.45, 2.75) is 32.2 Å². The minimum Gasteiger partial charge on any atom is -0.497 e. The Hall–Kier alpha value is -1.55. The van der Waals surface area contributed by atoms with E-state index in [1.54, 1.807) is 7.11 Å². The van der Waals surface area contributed by atoms with Crippen molar-refractivity contribution in [3.63, 3.8) is 0 Å². The van der Waals surface area contributed by atoms with Crippen LogP contribution >= 0.6 is 0 Å². The van der Waals surface area contributed by atoms with E-state index in [1.165, 1.54) is 5.56 Å². The van der Waals surface area contributed by atoms with E-state index in [4.69, 9.17) is 9.84 Å². The second-order valence-corrected chi connectivity index (χ2v) is 5.41. The fourth-order valence-corrected chi connectivity index (χ4v) is 1.93. The van der Waals surface area contributed by atoms with Gasteiger partial charge in [0.1, 0.15) is 5.75 Å². The Kier molecular flexibility index (Phi) is 5.36. The lowest BCUT2D eigenvalue weighted by Gasteiger charge is -2.34. The van der Waals surface area contributed by atoms with Gasteiger partial charge in [0.25, 0.3) is 0 Å². The predicted molar refractivity (Wildman–Crippen MR) is 75.7 cm³/mol. The van der Waals surface area contributed by atoms with Crippen molar-refractivity contribution in [2.75, 3.05) is 20.7 Å². The van der Waals surface area contributed by atoms with Crippen molar-refractivity contribution in [3.8, 4) is 5.75 Å². The molecule has 1 N–H and O–H groups in total. The van der Waals surface area contributed by atoms with Crippen LogP contribution < -0.4 is 4.74 Å². The van der Waals surface area contributed by atoms with Crippen molar-refractivity contribution in [1.82, 2.24) is 4.90 Å². The van der Waals surface area contributed by atoms with Gasteiger partial charge in [0.05, 0.1) is 13.5 Å². The molecule has 0 aliphatic carbocycles. The first-order chi connectivity index (χ1) is 8.85. The molecule has 0 aliphatic heterocycles. The smallest absolute Gasteiger partial charge is 0.305 e. The van der Waals surface area contributed by atoms with E-state index < -0.39 is 5.97 Å². The molecule has 0 fully saturated rings. The van der Waals surface area contributed by atoms with Gasteiger partial charge in [-0.05, 0) is 45.0 Å². The van der Waals surface area contributed by atoms with Crippen LogP contribution in [0.15, 0.2) is 24.3 Å². The SMILES string of the molecule is COc1cccc(CCN(C)C(C)(C)CC(=O)O)c1. The lowest BCUT2D eigenvalue weighted by atomic mass is 9.98. The molecule has 19 heavy (non-hydrogen) atoms. The highest BCUT2D eigenvalue weighted by atomic mass is 16.5. The molecule has 1 aromatic carbocycles. The summed E-state index contributed by atoms with van der Waals surface area (Å²) in [7, 11) is 3.62. The Morgan fingerprint density at radius 3 is 2.68 bits per heavy atom. The third-order valence-electron chi connectivity index (χ3n) is 3.49. The zero-order valence-corrected chi connectivity index (χ0v) is 12.1. The van der Waals surface area contributed by atoms with Gasteiger partial charge < -0.3 is 14.7 Å². The second-order valence-electron chi connectivity index (χ2n) is 5.41. The summed E-state index contributed by atoms with van der Waals surface area (Å²) < 4.78 is 5.19. The topological polar surface area (TPSA) is 49.8 Å². The van der Waals surface area contributed by atoms with Crippen LogP contribution in [0.2, 0.25) is 0 Å². The molecule has 0 heterocycles. The molecule has 0 bridgehead atoms. The van der Waals surface area contributed by atoms with E-state index in [0.29, 0.717) is 0 Å². The number of hydrogen-bond acceptors (Lipinski definition) is 3. The standard InChI is InChI=1S/C15H23NO3/c1-15(2,11-14(17)18)16(3)9-8-12-6-5-7-13(10-12)19-4/h5-7,10H,8-9,11H2,1-4H3,(H,17,18). The highest BCUT2D eigenvalue weighted by molar-refractivity contribution is 5.68. The van der Waals surface area contributed by atoms with Crippen molar-refractivity contribution in [3.05, 3.63) is 29.8 Å². The Morgan fingerprint density at radius 2 is 2.11 bits per heavy atom. The van der Waals surface area contributed by atoms with E-state index in [9.17, 15) is 4.79 Å². The first kappa shape index (κ1) is 15.5. The van der Waals surface area contributed by atoms with Crippen molar-refractivity contribution < 1.29 is 14.6 Å². The molecule has 1 rings (SSSR count). The molecule has 0 amide bonds. The zero-order chi connectivity index (χ0) is 14.5. The summed E-state index contributed by atoms with van der Waals surface area (Å²) in [6, 6.07) is 7.96. The van der Waals surface area contributed by atoms with E-state index >= 15 is 0 Å². The Bertz CT molecular complexity index is 429. The van der Waals surface area contributed by atoms with Gasteiger partial charge in [-0.2, -0.15) is 0 Å². The normalized spacial score (nSPS) is 11.6. The maximum Gasteiger partial charge on any atom is 0.305 e. The van der Waals surface area contributed by atoms with E-state index in [-0.39, 0.29) is 12.0 Å². The summed E-state index contributed by atoms with van der Waals surface area (Å²) in [5.74, 6) is 0.0863. The highest BCUT2D eigenvalue weighted by Crippen LogP contribution is 2.18. The fourth-order valence-electron chi connectivity index (χ4n) is 1.93. The van der Waals surface area contributed by atoms with Crippen LogP contribution in [0.3, 0.4) is 0 Å². The molecule has 0 saturated carbocycles. The third-order valence-corrected chi connectivity index (χ3v) is 3.49. The largest absolute Gasteiger partial charge is 0.497 e. The molecule has 0 saturated heterocycles. The summed E-state index contributed by atoms with van der Waals surface area (Å²) in [4.78, 5) is 12.9.